The van der Waals surface area contributed by atoms with Crippen molar-refractivity contribution in [1.82, 2.24) is 0 Å². The van der Waals surface area contributed by atoms with Crippen molar-refractivity contribution in [2.24, 2.45) is 5.73 Å². The zero-order valence-electron chi connectivity index (χ0n) is 9.58. The molecule has 2 nitrogen and oxygen atoms in total. The third-order valence-corrected chi connectivity index (χ3v) is 2.38. The van der Waals surface area contributed by atoms with Crippen LogP contribution in [0.3, 0.4) is 0 Å². The number of hydrogen-bond acceptors (Lipinski definition) is 2. The minimum absolute atomic E-state index is 0.0974. The van der Waals surface area contributed by atoms with E-state index in [1.54, 1.807) is 0 Å². The SMILES string of the molecule is C=CCCOc1ccc(Cl)cc1CC(C)N. The summed E-state index contributed by atoms with van der Waals surface area (Å²) >= 11 is 5.95. The van der Waals surface area contributed by atoms with Crippen LogP contribution >= 0.6 is 11.6 Å². The van der Waals surface area contributed by atoms with Gasteiger partial charge in [-0.2, -0.15) is 0 Å². The summed E-state index contributed by atoms with van der Waals surface area (Å²) in [7, 11) is 0. The highest BCUT2D eigenvalue weighted by atomic mass is 35.5. The van der Waals surface area contributed by atoms with Crippen LogP contribution in [0.25, 0.3) is 0 Å². The van der Waals surface area contributed by atoms with Gasteiger partial charge in [0.05, 0.1) is 6.61 Å². The van der Waals surface area contributed by atoms with Crippen LogP contribution in [0, 0.1) is 0 Å². The van der Waals surface area contributed by atoms with Crippen molar-refractivity contribution in [3.8, 4) is 5.75 Å². The van der Waals surface area contributed by atoms with Crippen molar-refractivity contribution < 1.29 is 4.74 Å². The summed E-state index contributed by atoms with van der Waals surface area (Å²) in [6.45, 7) is 6.26. The summed E-state index contributed by atoms with van der Waals surface area (Å²) in [4.78, 5) is 0. The van der Waals surface area contributed by atoms with E-state index in [4.69, 9.17) is 22.1 Å². The topological polar surface area (TPSA) is 35.2 Å². The lowest BCUT2D eigenvalue weighted by Crippen LogP contribution is -2.18. The van der Waals surface area contributed by atoms with Crippen molar-refractivity contribution in [3.05, 3.63) is 41.4 Å². The maximum Gasteiger partial charge on any atom is 0.122 e. The molecule has 1 unspecified atom stereocenters. The fourth-order valence-corrected chi connectivity index (χ4v) is 1.64. The Morgan fingerprint density at radius 1 is 1.56 bits per heavy atom. The van der Waals surface area contributed by atoms with Crippen molar-refractivity contribution >= 4 is 11.6 Å². The number of benzene rings is 1. The maximum absolute atomic E-state index is 5.95. The molecule has 0 radical (unpaired) electrons. The van der Waals surface area contributed by atoms with Gasteiger partial charge >= 0.3 is 0 Å². The van der Waals surface area contributed by atoms with E-state index in [1.807, 2.05) is 31.2 Å². The van der Waals surface area contributed by atoms with Gasteiger partial charge in [0, 0.05) is 11.1 Å². The monoisotopic (exact) mass is 239 g/mol. The summed E-state index contributed by atoms with van der Waals surface area (Å²) in [5, 5.41) is 0.715. The highest BCUT2D eigenvalue weighted by Crippen LogP contribution is 2.24. The van der Waals surface area contributed by atoms with Crippen molar-refractivity contribution in [3.63, 3.8) is 0 Å². The minimum atomic E-state index is 0.0974. The molecule has 88 valence electrons. The Balaban J connectivity index is 2.76. The quantitative estimate of drug-likeness (QED) is 0.611. The van der Waals surface area contributed by atoms with Gasteiger partial charge < -0.3 is 10.5 Å². The molecule has 1 aromatic rings. The summed E-state index contributed by atoms with van der Waals surface area (Å²) in [6, 6.07) is 5.73. The first-order valence-corrected chi connectivity index (χ1v) is 5.79. The highest BCUT2D eigenvalue weighted by Gasteiger charge is 2.06. The molecule has 0 saturated carbocycles. The molecule has 16 heavy (non-hydrogen) atoms. The number of rotatable bonds is 6. The van der Waals surface area contributed by atoms with Crippen molar-refractivity contribution in [2.45, 2.75) is 25.8 Å². The molecule has 0 aliphatic rings. The molecule has 0 amide bonds. The fourth-order valence-electron chi connectivity index (χ4n) is 1.45. The molecule has 0 saturated heterocycles. The molecule has 2 N–H and O–H groups in total. The second-order valence-corrected chi connectivity index (χ2v) is 4.30. The summed E-state index contributed by atoms with van der Waals surface area (Å²) in [5.74, 6) is 0.864. The van der Waals surface area contributed by atoms with Gasteiger partial charge in [-0.3, -0.25) is 0 Å². The Labute approximate surface area is 102 Å². The van der Waals surface area contributed by atoms with E-state index < -0.39 is 0 Å². The van der Waals surface area contributed by atoms with Crippen LogP contribution in [0.15, 0.2) is 30.9 Å². The normalized spacial score (nSPS) is 12.2. The Morgan fingerprint density at radius 2 is 2.31 bits per heavy atom. The van der Waals surface area contributed by atoms with Crippen LogP contribution in [0.5, 0.6) is 5.75 Å². The standard InChI is InChI=1S/C13H18ClNO/c1-3-4-7-16-13-6-5-12(14)9-11(13)8-10(2)15/h3,5-6,9-10H,1,4,7-8,15H2,2H3. The molecule has 0 fully saturated rings. The lowest BCUT2D eigenvalue weighted by atomic mass is 10.1. The third-order valence-electron chi connectivity index (χ3n) is 2.14. The van der Waals surface area contributed by atoms with Gasteiger partial charge in [-0.1, -0.05) is 17.7 Å². The molecule has 0 heterocycles. The molecular formula is C13H18ClNO. The summed E-state index contributed by atoms with van der Waals surface area (Å²) in [5.41, 5.74) is 6.85. The zero-order valence-corrected chi connectivity index (χ0v) is 10.3. The first-order chi connectivity index (χ1) is 7.63. The van der Waals surface area contributed by atoms with Crippen LogP contribution in [0.1, 0.15) is 18.9 Å². The van der Waals surface area contributed by atoms with Gasteiger partial charge in [-0.25, -0.2) is 0 Å². The van der Waals surface area contributed by atoms with E-state index in [0.29, 0.717) is 11.6 Å². The molecular weight excluding hydrogens is 222 g/mol. The van der Waals surface area contributed by atoms with Gasteiger partial charge in [0.15, 0.2) is 0 Å². The largest absolute Gasteiger partial charge is 0.493 e. The number of nitrogens with two attached hydrogens (primary N) is 1. The Morgan fingerprint density at radius 3 is 2.94 bits per heavy atom. The molecule has 0 aliphatic heterocycles. The minimum Gasteiger partial charge on any atom is -0.493 e. The van der Waals surface area contributed by atoms with E-state index in [1.165, 1.54) is 0 Å². The van der Waals surface area contributed by atoms with E-state index in [0.717, 1.165) is 24.2 Å². The molecule has 0 aliphatic carbocycles. The van der Waals surface area contributed by atoms with E-state index in [9.17, 15) is 0 Å². The van der Waals surface area contributed by atoms with Crippen LogP contribution < -0.4 is 10.5 Å². The molecule has 1 aromatic carbocycles. The molecule has 1 rings (SSSR count). The fraction of sp³-hybridized carbons (Fsp3) is 0.385. The Hall–Kier alpha value is -0.990. The van der Waals surface area contributed by atoms with Crippen molar-refractivity contribution in [1.29, 1.82) is 0 Å². The summed E-state index contributed by atoms with van der Waals surface area (Å²) in [6.07, 6.45) is 3.44. The maximum atomic E-state index is 5.95. The second kappa shape index (κ2) is 6.56. The second-order valence-electron chi connectivity index (χ2n) is 3.86. The average Bonchev–Trinajstić information content (AvgIpc) is 2.20. The lowest BCUT2D eigenvalue weighted by molar-refractivity contribution is 0.321. The Kier molecular flexibility index (Phi) is 5.36. The number of halogens is 1. The van der Waals surface area contributed by atoms with Gasteiger partial charge in [-0.15, -0.1) is 6.58 Å². The number of hydrogen-bond donors (Lipinski definition) is 1. The van der Waals surface area contributed by atoms with Gasteiger partial charge in [0.25, 0.3) is 0 Å². The van der Waals surface area contributed by atoms with Crippen molar-refractivity contribution in [2.75, 3.05) is 6.61 Å². The molecule has 0 spiro atoms. The van der Waals surface area contributed by atoms with Crippen LogP contribution in [-0.4, -0.2) is 12.6 Å². The van der Waals surface area contributed by atoms with E-state index in [2.05, 4.69) is 6.58 Å². The van der Waals surface area contributed by atoms with E-state index >= 15 is 0 Å². The molecule has 0 bridgehead atoms. The van der Waals surface area contributed by atoms with Crippen LogP contribution in [-0.2, 0) is 6.42 Å². The average molecular weight is 240 g/mol. The van der Waals surface area contributed by atoms with Gasteiger partial charge in [0.2, 0.25) is 0 Å². The van der Waals surface area contributed by atoms with E-state index in [-0.39, 0.29) is 6.04 Å². The first kappa shape index (κ1) is 13.1. The third kappa shape index (κ3) is 4.25. The summed E-state index contributed by atoms with van der Waals surface area (Å²) < 4.78 is 5.65. The first-order valence-electron chi connectivity index (χ1n) is 5.41. The Bertz CT molecular complexity index is 350. The molecule has 1 atom stereocenters. The van der Waals surface area contributed by atoms with Gasteiger partial charge in [0.1, 0.15) is 5.75 Å². The molecule has 0 aromatic heterocycles. The predicted molar refractivity (Wildman–Crippen MR) is 69.1 cm³/mol. The zero-order chi connectivity index (χ0) is 12.0. The number of ether oxygens (including phenoxy) is 1. The predicted octanol–water partition coefficient (Wildman–Crippen LogP) is 3.18. The van der Waals surface area contributed by atoms with Crippen LogP contribution in [0.4, 0.5) is 0 Å². The smallest absolute Gasteiger partial charge is 0.122 e. The van der Waals surface area contributed by atoms with Crippen LogP contribution in [0.2, 0.25) is 5.02 Å². The van der Waals surface area contributed by atoms with Gasteiger partial charge in [-0.05, 0) is 43.5 Å². The lowest BCUT2D eigenvalue weighted by Gasteiger charge is -2.13. The highest BCUT2D eigenvalue weighted by molar-refractivity contribution is 6.30. The molecule has 3 heteroatoms.